The molecule has 5 nitrogen and oxygen atoms in total. The number of nitrogens with one attached hydrogen (secondary N) is 1. The highest BCUT2D eigenvalue weighted by molar-refractivity contribution is 5.96. The van der Waals surface area contributed by atoms with Crippen LogP contribution in [-0.2, 0) is 19.1 Å². The van der Waals surface area contributed by atoms with Crippen LogP contribution in [0, 0.1) is 5.82 Å². The summed E-state index contributed by atoms with van der Waals surface area (Å²) < 4.78 is 23.2. The van der Waals surface area contributed by atoms with Crippen LogP contribution < -0.4 is 5.32 Å². The average molecular weight is 331 g/mol. The molecule has 0 saturated carbocycles. The fourth-order valence-corrected chi connectivity index (χ4v) is 1.99. The van der Waals surface area contributed by atoms with E-state index in [2.05, 4.69) is 5.32 Å². The van der Waals surface area contributed by atoms with E-state index in [0.29, 0.717) is 17.9 Å². The molecular formula is C18H18FNO4. The van der Waals surface area contributed by atoms with E-state index in [-0.39, 0.29) is 6.61 Å². The molecule has 0 spiro atoms. The molecule has 0 aromatic heterocycles. The second-order valence-corrected chi connectivity index (χ2v) is 4.91. The maximum atomic E-state index is 12.9. The van der Waals surface area contributed by atoms with Gasteiger partial charge in [-0.3, -0.25) is 4.79 Å². The minimum absolute atomic E-state index is 0.232. The molecular weight excluding hydrogens is 313 g/mol. The van der Waals surface area contributed by atoms with Crippen molar-refractivity contribution in [3.05, 3.63) is 66.0 Å². The molecule has 2 aromatic rings. The molecule has 0 aliphatic heterocycles. The molecule has 1 amide bonds. The van der Waals surface area contributed by atoms with Crippen LogP contribution in [0.3, 0.4) is 0 Å². The molecule has 2 rings (SSSR count). The van der Waals surface area contributed by atoms with Gasteiger partial charge in [0.2, 0.25) is 6.10 Å². The quantitative estimate of drug-likeness (QED) is 0.792. The Morgan fingerprint density at radius 1 is 1.08 bits per heavy atom. The Hall–Kier alpha value is -2.73. The molecule has 1 atom stereocenters. The monoisotopic (exact) mass is 331 g/mol. The van der Waals surface area contributed by atoms with Crippen molar-refractivity contribution in [2.45, 2.75) is 13.0 Å². The summed E-state index contributed by atoms with van der Waals surface area (Å²) in [5.74, 6) is -1.58. The van der Waals surface area contributed by atoms with Crippen LogP contribution in [0.5, 0.6) is 0 Å². The summed E-state index contributed by atoms with van der Waals surface area (Å²) in [5.41, 5.74) is 0.935. The van der Waals surface area contributed by atoms with E-state index in [0.717, 1.165) is 0 Å². The van der Waals surface area contributed by atoms with E-state index in [1.165, 1.54) is 24.3 Å². The molecule has 1 N–H and O–H groups in total. The van der Waals surface area contributed by atoms with Gasteiger partial charge in [0, 0.05) is 17.9 Å². The van der Waals surface area contributed by atoms with Gasteiger partial charge in [-0.05, 0) is 31.2 Å². The fraction of sp³-hybridized carbons (Fsp3) is 0.222. The molecule has 2 aromatic carbocycles. The van der Waals surface area contributed by atoms with Gasteiger partial charge in [-0.25, -0.2) is 9.18 Å². The van der Waals surface area contributed by atoms with Crippen molar-refractivity contribution in [3.8, 4) is 0 Å². The molecule has 0 bridgehead atoms. The summed E-state index contributed by atoms with van der Waals surface area (Å²) in [5, 5.41) is 2.61. The lowest BCUT2D eigenvalue weighted by molar-refractivity contribution is -0.159. The van der Waals surface area contributed by atoms with E-state index in [4.69, 9.17) is 9.47 Å². The smallest absolute Gasteiger partial charge is 0.333 e. The van der Waals surface area contributed by atoms with E-state index >= 15 is 0 Å². The van der Waals surface area contributed by atoms with Gasteiger partial charge in [0.1, 0.15) is 12.4 Å². The molecule has 0 unspecified atom stereocenters. The minimum atomic E-state index is -1.12. The molecule has 24 heavy (non-hydrogen) atoms. The van der Waals surface area contributed by atoms with Crippen molar-refractivity contribution in [2.24, 2.45) is 0 Å². The SMILES string of the molecule is CCOCC(=O)O[C@@H](C(=O)Nc1ccc(F)cc1)c1ccccc1. The van der Waals surface area contributed by atoms with Gasteiger partial charge in [0.25, 0.3) is 5.91 Å². The average Bonchev–Trinajstić information content (AvgIpc) is 2.60. The Balaban J connectivity index is 2.13. The van der Waals surface area contributed by atoms with Crippen LogP contribution >= 0.6 is 0 Å². The van der Waals surface area contributed by atoms with Gasteiger partial charge < -0.3 is 14.8 Å². The molecule has 0 saturated heterocycles. The molecule has 0 aliphatic carbocycles. The van der Waals surface area contributed by atoms with Crippen molar-refractivity contribution >= 4 is 17.6 Å². The zero-order chi connectivity index (χ0) is 17.4. The molecule has 0 aliphatic rings. The van der Waals surface area contributed by atoms with Gasteiger partial charge in [0.15, 0.2) is 0 Å². The number of benzene rings is 2. The van der Waals surface area contributed by atoms with Crippen molar-refractivity contribution < 1.29 is 23.5 Å². The standard InChI is InChI=1S/C18H18FNO4/c1-2-23-12-16(21)24-17(13-6-4-3-5-7-13)18(22)20-15-10-8-14(19)9-11-15/h3-11,17H,2,12H2,1H3,(H,20,22)/t17-/m1/s1. The lowest BCUT2D eigenvalue weighted by Crippen LogP contribution is -2.27. The van der Waals surface area contributed by atoms with Gasteiger partial charge >= 0.3 is 5.97 Å². The third-order valence-electron chi connectivity index (χ3n) is 3.13. The normalized spacial score (nSPS) is 11.6. The zero-order valence-electron chi connectivity index (χ0n) is 13.2. The Bertz CT molecular complexity index is 673. The molecule has 0 fully saturated rings. The first kappa shape index (κ1) is 17.6. The Morgan fingerprint density at radius 3 is 2.38 bits per heavy atom. The maximum Gasteiger partial charge on any atom is 0.333 e. The van der Waals surface area contributed by atoms with Gasteiger partial charge in [-0.15, -0.1) is 0 Å². The number of amides is 1. The highest BCUT2D eigenvalue weighted by Crippen LogP contribution is 2.20. The number of halogens is 1. The highest BCUT2D eigenvalue weighted by Gasteiger charge is 2.25. The van der Waals surface area contributed by atoms with Crippen LogP contribution in [-0.4, -0.2) is 25.1 Å². The van der Waals surface area contributed by atoms with Gasteiger partial charge in [-0.1, -0.05) is 30.3 Å². The first-order chi connectivity index (χ1) is 11.6. The van der Waals surface area contributed by atoms with E-state index in [1.54, 1.807) is 37.3 Å². The summed E-state index contributed by atoms with van der Waals surface area (Å²) in [6, 6.07) is 14.0. The lowest BCUT2D eigenvalue weighted by atomic mass is 10.1. The largest absolute Gasteiger partial charge is 0.446 e. The van der Waals surface area contributed by atoms with Crippen molar-refractivity contribution in [1.82, 2.24) is 0 Å². The Morgan fingerprint density at radius 2 is 1.75 bits per heavy atom. The Kier molecular flexibility index (Phi) is 6.45. The number of carbonyl (C=O) groups is 2. The van der Waals surface area contributed by atoms with E-state index in [9.17, 15) is 14.0 Å². The van der Waals surface area contributed by atoms with Crippen LogP contribution in [0.4, 0.5) is 10.1 Å². The minimum Gasteiger partial charge on any atom is -0.446 e. The van der Waals surface area contributed by atoms with Crippen LogP contribution in [0.1, 0.15) is 18.6 Å². The first-order valence-corrected chi connectivity index (χ1v) is 7.48. The summed E-state index contributed by atoms with van der Waals surface area (Å²) in [6.07, 6.45) is -1.12. The number of hydrogen-bond acceptors (Lipinski definition) is 4. The first-order valence-electron chi connectivity index (χ1n) is 7.48. The van der Waals surface area contributed by atoms with Crippen LogP contribution in [0.2, 0.25) is 0 Å². The lowest BCUT2D eigenvalue weighted by Gasteiger charge is -2.18. The Labute approximate surface area is 139 Å². The summed E-state index contributed by atoms with van der Waals surface area (Å²) in [4.78, 5) is 24.3. The van der Waals surface area contributed by atoms with E-state index in [1.807, 2.05) is 0 Å². The van der Waals surface area contributed by atoms with Crippen LogP contribution in [0.25, 0.3) is 0 Å². The second-order valence-electron chi connectivity index (χ2n) is 4.91. The number of anilines is 1. The van der Waals surface area contributed by atoms with E-state index < -0.39 is 23.8 Å². The maximum absolute atomic E-state index is 12.9. The van der Waals surface area contributed by atoms with Gasteiger partial charge in [0.05, 0.1) is 0 Å². The molecule has 6 heteroatoms. The predicted octanol–water partition coefficient (Wildman–Crippen LogP) is 3.09. The number of esters is 1. The second kappa shape index (κ2) is 8.79. The predicted molar refractivity (Wildman–Crippen MR) is 86.8 cm³/mol. The summed E-state index contributed by atoms with van der Waals surface area (Å²) in [6.45, 7) is 1.89. The number of rotatable bonds is 7. The number of carbonyl (C=O) groups excluding carboxylic acids is 2. The number of ether oxygens (including phenoxy) is 2. The fourth-order valence-electron chi connectivity index (χ4n) is 1.99. The highest BCUT2D eigenvalue weighted by atomic mass is 19.1. The molecule has 0 radical (unpaired) electrons. The zero-order valence-corrected chi connectivity index (χ0v) is 13.2. The molecule has 126 valence electrons. The third-order valence-corrected chi connectivity index (χ3v) is 3.13. The molecule has 0 heterocycles. The van der Waals surface area contributed by atoms with Gasteiger partial charge in [-0.2, -0.15) is 0 Å². The van der Waals surface area contributed by atoms with Crippen LogP contribution in [0.15, 0.2) is 54.6 Å². The summed E-state index contributed by atoms with van der Waals surface area (Å²) in [7, 11) is 0. The third kappa shape index (κ3) is 5.17. The number of hydrogen-bond donors (Lipinski definition) is 1. The topological polar surface area (TPSA) is 64.6 Å². The van der Waals surface area contributed by atoms with Crippen molar-refractivity contribution in [1.29, 1.82) is 0 Å². The van der Waals surface area contributed by atoms with Crippen molar-refractivity contribution in [3.63, 3.8) is 0 Å². The summed E-state index contributed by atoms with van der Waals surface area (Å²) >= 11 is 0. The van der Waals surface area contributed by atoms with Crippen molar-refractivity contribution in [2.75, 3.05) is 18.5 Å².